The highest BCUT2D eigenvalue weighted by molar-refractivity contribution is 5.67. The summed E-state index contributed by atoms with van der Waals surface area (Å²) in [5.74, 6) is 1.34. The van der Waals surface area contributed by atoms with Crippen LogP contribution in [-0.2, 0) is 20.1 Å². The molecule has 0 fully saturated rings. The highest BCUT2D eigenvalue weighted by atomic mass is 19.1. The number of nitrogens with zero attached hydrogens (tertiary/aromatic N) is 3. The quantitative estimate of drug-likeness (QED) is 0.725. The molecule has 0 N–H and O–H groups in total. The van der Waals surface area contributed by atoms with Gasteiger partial charge in [0.2, 0.25) is 5.89 Å². The molecule has 22 heavy (non-hydrogen) atoms. The molecule has 1 aromatic carbocycles. The third kappa shape index (κ3) is 2.86. The van der Waals surface area contributed by atoms with Gasteiger partial charge in [0, 0.05) is 31.3 Å². The van der Waals surface area contributed by atoms with Crippen LogP contribution in [0.5, 0.6) is 5.75 Å². The van der Waals surface area contributed by atoms with Crippen LogP contribution in [0, 0.1) is 5.82 Å². The van der Waals surface area contributed by atoms with Gasteiger partial charge in [-0.25, -0.2) is 9.37 Å². The minimum absolute atomic E-state index is 0.147. The van der Waals surface area contributed by atoms with Crippen LogP contribution in [0.2, 0.25) is 0 Å². The van der Waals surface area contributed by atoms with Crippen LogP contribution in [0.25, 0.3) is 11.3 Å². The van der Waals surface area contributed by atoms with E-state index in [1.54, 1.807) is 23.1 Å². The number of hydrogen-bond acceptors (Lipinski definition) is 4. The van der Waals surface area contributed by atoms with Crippen molar-refractivity contribution < 1.29 is 13.5 Å². The van der Waals surface area contributed by atoms with E-state index >= 15 is 0 Å². The maximum atomic E-state index is 13.5. The third-order valence-electron chi connectivity index (χ3n) is 3.34. The van der Waals surface area contributed by atoms with Crippen LogP contribution >= 0.6 is 0 Å². The molecule has 3 rings (SSSR count). The fourth-order valence-electron chi connectivity index (χ4n) is 2.18. The molecule has 0 aliphatic rings. The van der Waals surface area contributed by atoms with Gasteiger partial charge in [0.25, 0.3) is 0 Å². The van der Waals surface area contributed by atoms with E-state index in [4.69, 9.17) is 9.15 Å². The first-order chi connectivity index (χ1) is 10.7. The summed E-state index contributed by atoms with van der Waals surface area (Å²) in [6.07, 6.45) is 4.13. The zero-order chi connectivity index (χ0) is 15.5. The summed E-state index contributed by atoms with van der Waals surface area (Å²) in [5.41, 5.74) is 1.61. The van der Waals surface area contributed by atoms with E-state index < -0.39 is 0 Å². The summed E-state index contributed by atoms with van der Waals surface area (Å²) >= 11 is 0. The lowest BCUT2D eigenvalue weighted by molar-refractivity contribution is 0.259. The van der Waals surface area contributed by atoms with Gasteiger partial charge in [-0.1, -0.05) is 6.92 Å². The van der Waals surface area contributed by atoms with Gasteiger partial charge in [0.15, 0.2) is 6.61 Å². The van der Waals surface area contributed by atoms with Crippen molar-refractivity contribution in [2.24, 2.45) is 7.05 Å². The van der Waals surface area contributed by atoms with Crippen molar-refractivity contribution in [1.29, 1.82) is 0 Å². The summed E-state index contributed by atoms with van der Waals surface area (Å²) in [4.78, 5) is 4.13. The maximum Gasteiger partial charge on any atom is 0.232 e. The Balaban J connectivity index is 1.86. The van der Waals surface area contributed by atoms with Crippen molar-refractivity contribution in [2.45, 2.75) is 20.0 Å². The third-order valence-corrected chi connectivity index (χ3v) is 3.34. The van der Waals surface area contributed by atoms with Crippen molar-refractivity contribution in [1.82, 2.24) is 14.8 Å². The molecule has 0 spiro atoms. The van der Waals surface area contributed by atoms with Crippen LogP contribution in [0.4, 0.5) is 4.39 Å². The van der Waals surface area contributed by atoms with Gasteiger partial charge in [-0.15, -0.1) is 0 Å². The van der Waals surface area contributed by atoms with E-state index in [9.17, 15) is 4.39 Å². The Bertz CT molecular complexity index is 779. The molecule has 0 saturated heterocycles. The van der Waals surface area contributed by atoms with E-state index in [2.05, 4.69) is 10.1 Å². The second kappa shape index (κ2) is 6.01. The minimum Gasteiger partial charge on any atom is -0.483 e. The number of aryl methyl sites for hydroxylation is 2. The second-order valence-corrected chi connectivity index (χ2v) is 4.84. The van der Waals surface area contributed by atoms with Gasteiger partial charge in [-0.05, 0) is 18.2 Å². The Hall–Kier alpha value is -2.63. The summed E-state index contributed by atoms with van der Waals surface area (Å²) in [7, 11) is 1.82. The Morgan fingerprint density at radius 2 is 2.18 bits per heavy atom. The van der Waals surface area contributed by atoms with Crippen LogP contribution < -0.4 is 4.74 Å². The van der Waals surface area contributed by atoms with E-state index in [1.165, 1.54) is 12.1 Å². The molecule has 2 aromatic heterocycles. The van der Waals surface area contributed by atoms with Gasteiger partial charge < -0.3 is 9.15 Å². The number of rotatable bonds is 5. The second-order valence-electron chi connectivity index (χ2n) is 4.84. The molecule has 0 atom stereocenters. The average molecular weight is 301 g/mol. The molecule has 2 heterocycles. The number of oxazole rings is 1. The van der Waals surface area contributed by atoms with Crippen molar-refractivity contribution in [3.05, 3.63) is 54.1 Å². The number of hydrogen-bond donors (Lipinski definition) is 0. The molecule has 0 aliphatic carbocycles. The summed E-state index contributed by atoms with van der Waals surface area (Å²) in [6.45, 7) is 2.13. The monoisotopic (exact) mass is 301 g/mol. The van der Waals surface area contributed by atoms with Crippen molar-refractivity contribution in [3.63, 3.8) is 0 Å². The SMILES string of the molecule is CCc1cnc(COc2cc(F)ccc2-c2ccnn2C)o1. The van der Waals surface area contributed by atoms with Crippen molar-refractivity contribution in [2.75, 3.05) is 0 Å². The lowest BCUT2D eigenvalue weighted by Crippen LogP contribution is -2.00. The smallest absolute Gasteiger partial charge is 0.232 e. The fraction of sp³-hybridized carbons (Fsp3) is 0.250. The molecule has 0 saturated carbocycles. The molecule has 0 aliphatic heterocycles. The number of benzene rings is 1. The first-order valence-electron chi connectivity index (χ1n) is 7.01. The topological polar surface area (TPSA) is 53.1 Å². The predicted octanol–water partition coefficient (Wildman–Crippen LogP) is 3.36. The first-order valence-corrected chi connectivity index (χ1v) is 7.01. The highest BCUT2D eigenvalue weighted by Crippen LogP contribution is 2.30. The molecular formula is C16H16FN3O2. The summed E-state index contributed by atoms with van der Waals surface area (Å²) in [5, 5.41) is 4.13. The zero-order valence-corrected chi connectivity index (χ0v) is 12.4. The Kier molecular flexibility index (Phi) is 3.91. The van der Waals surface area contributed by atoms with Crippen molar-refractivity contribution in [3.8, 4) is 17.0 Å². The lowest BCUT2D eigenvalue weighted by atomic mass is 10.1. The Labute approximate surface area is 127 Å². The lowest BCUT2D eigenvalue weighted by Gasteiger charge is -2.10. The molecule has 114 valence electrons. The molecule has 3 aromatic rings. The Morgan fingerprint density at radius 1 is 1.32 bits per heavy atom. The van der Waals surface area contributed by atoms with Crippen molar-refractivity contribution >= 4 is 0 Å². The van der Waals surface area contributed by atoms with Crippen LogP contribution in [0.15, 0.2) is 41.1 Å². The number of ether oxygens (including phenoxy) is 1. The molecule has 0 bridgehead atoms. The van der Waals surface area contributed by atoms with Gasteiger partial charge in [0.05, 0.1) is 11.9 Å². The van der Waals surface area contributed by atoms with Crippen LogP contribution in [0.3, 0.4) is 0 Å². The predicted molar refractivity (Wildman–Crippen MR) is 78.8 cm³/mol. The zero-order valence-electron chi connectivity index (χ0n) is 12.4. The molecular weight excluding hydrogens is 285 g/mol. The maximum absolute atomic E-state index is 13.5. The van der Waals surface area contributed by atoms with Gasteiger partial charge >= 0.3 is 0 Å². The molecule has 5 nitrogen and oxygen atoms in total. The summed E-state index contributed by atoms with van der Waals surface area (Å²) in [6, 6.07) is 6.27. The average Bonchev–Trinajstić information content (AvgIpc) is 3.14. The normalized spacial score (nSPS) is 10.9. The van der Waals surface area contributed by atoms with Crippen LogP contribution in [0.1, 0.15) is 18.6 Å². The molecule has 6 heteroatoms. The first kappa shape index (κ1) is 14.3. The molecule has 0 unspecified atom stereocenters. The van der Waals surface area contributed by atoms with E-state index in [-0.39, 0.29) is 12.4 Å². The van der Waals surface area contributed by atoms with Crippen LogP contribution in [-0.4, -0.2) is 14.8 Å². The Morgan fingerprint density at radius 3 is 2.86 bits per heavy atom. The minimum atomic E-state index is -0.359. The van der Waals surface area contributed by atoms with Gasteiger partial charge in [-0.2, -0.15) is 5.10 Å². The number of aromatic nitrogens is 3. The van der Waals surface area contributed by atoms with E-state index in [0.29, 0.717) is 11.6 Å². The number of halogens is 1. The highest BCUT2D eigenvalue weighted by Gasteiger charge is 2.12. The summed E-state index contributed by atoms with van der Waals surface area (Å²) < 4.78 is 26.4. The van der Waals surface area contributed by atoms with E-state index in [1.807, 2.05) is 20.0 Å². The van der Waals surface area contributed by atoms with Gasteiger partial charge in [-0.3, -0.25) is 4.68 Å². The van der Waals surface area contributed by atoms with Gasteiger partial charge in [0.1, 0.15) is 17.3 Å². The molecule has 0 amide bonds. The fourth-order valence-corrected chi connectivity index (χ4v) is 2.18. The van der Waals surface area contributed by atoms with E-state index in [0.717, 1.165) is 23.4 Å². The standard InChI is InChI=1S/C16H16FN3O2/c1-3-12-9-18-16(22-12)10-21-15-8-11(17)4-5-13(15)14-6-7-19-20(14)2/h4-9H,3,10H2,1-2H3. The largest absolute Gasteiger partial charge is 0.483 e. The molecule has 0 radical (unpaired) electrons.